The molecule has 5 nitrogen and oxygen atoms in total. The Morgan fingerprint density at radius 1 is 1.30 bits per heavy atom. The zero-order chi connectivity index (χ0) is 14.8. The first-order chi connectivity index (χ1) is 9.40. The molecule has 2 rings (SSSR count). The minimum atomic E-state index is -3.60. The van der Waals surface area contributed by atoms with Crippen molar-refractivity contribution in [1.82, 2.24) is 9.29 Å². The number of aliphatic hydroxyl groups excluding tert-OH is 1. The van der Waals surface area contributed by atoms with Crippen LogP contribution in [0.5, 0.6) is 0 Å². The average Bonchev–Trinajstić information content (AvgIpc) is 2.82. The van der Waals surface area contributed by atoms with E-state index >= 15 is 0 Å². The predicted molar refractivity (Wildman–Crippen MR) is 76.7 cm³/mol. The number of aromatic nitrogens is 1. The normalized spacial score (nSPS) is 13.3. The molecule has 0 aliphatic carbocycles. The van der Waals surface area contributed by atoms with Crippen LogP contribution in [0.25, 0.3) is 0 Å². The molecule has 1 heterocycles. The predicted octanol–water partition coefficient (Wildman–Crippen LogP) is 1.35. The molecule has 108 valence electrons. The number of rotatable bonds is 5. The highest BCUT2D eigenvalue weighted by molar-refractivity contribution is 7.89. The summed E-state index contributed by atoms with van der Waals surface area (Å²) in [6.45, 7) is 1.77. The maximum Gasteiger partial charge on any atom is 0.240 e. The maximum absolute atomic E-state index is 12.1. The average molecular weight is 294 g/mol. The van der Waals surface area contributed by atoms with E-state index in [1.807, 2.05) is 13.0 Å². The summed E-state index contributed by atoms with van der Waals surface area (Å²) in [6, 6.07) is 10.2. The molecule has 20 heavy (non-hydrogen) atoms. The quantitative estimate of drug-likeness (QED) is 0.874. The van der Waals surface area contributed by atoms with E-state index in [-0.39, 0.29) is 11.4 Å². The van der Waals surface area contributed by atoms with Gasteiger partial charge in [-0.2, -0.15) is 0 Å². The molecule has 0 fully saturated rings. The van der Waals surface area contributed by atoms with Crippen molar-refractivity contribution >= 4 is 10.0 Å². The monoisotopic (exact) mass is 294 g/mol. The van der Waals surface area contributed by atoms with Gasteiger partial charge in [-0.1, -0.05) is 12.1 Å². The summed E-state index contributed by atoms with van der Waals surface area (Å²) in [4.78, 5) is 0.205. The van der Waals surface area contributed by atoms with Crippen molar-refractivity contribution in [2.45, 2.75) is 17.9 Å². The number of hydrogen-bond acceptors (Lipinski definition) is 3. The molecule has 0 bridgehead atoms. The molecular weight excluding hydrogens is 276 g/mol. The third kappa shape index (κ3) is 3.27. The molecule has 2 aromatic rings. The molecule has 0 aliphatic heterocycles. The third-order valence-corrected chi connectivity index (χ3v) is 4.51. The lowest BCUT2D eigenvalue weighted by Crippen LogP contribution is -2.29. The van der Waals surface area contributed by atoms with E-state index in [4.69, 9.17) is 0 Å². The Morgan fingerprint density at radius 2 is 2.05 bits per heavy atom. The first-order valence-corrected chi connectivity index (χ1v) is 7.74. The Hall–Kier alpha value is -1.63. The van der Waals surface area contributed by atoms with Crippen molar-refractivity contribution in [3.8, 4) is 0 Å². The Morgan fingerprint density at radius 3 is 2.65 bits per heavy atom. The van der Waals surface area contributed by atoms with Crippen LogP contribution in [-0.4, -0.2) is 24.6 Å². The number of nitrogens with zero attached hydrogens (tertiary/aromatic N) is 1. The Labute approximate surface area is 118 Å². The van der Waals surface area contributed by atoms with Gasteiger partial charge in [0.2, 0.25) is 10.0 Å². The van der Waals surface area contributed by atoms with Gasteiger partial charge in [-0.15, -0.1) is 0 Å². The summed E-state index contributed by atoms with van der Waals surface area (Å²) in [5, 5.41) is 10.0. The lowest BCUT2D eigenvalue weighted by atomic mass is 10.2. The summed E-state index contributed by atoms with van der Waals surface area (Å²) >= 11 is 0. The van der Waals surface area contributed by atoms with Crippen molar-refractivity contribution in [3.63, 3.8) is 0 Å². The third-order valence-electron chi connectivity index (χ3n) is 3.09. The van der Waals surface area contributed by atoms with Crippen LogP contribution in [0.2, 0.25) is 0 Å². The summed E-state index contributed by atoms with van der Waals surface area (Å²) in [7, 11) is -1.80. The van der Waals surface area contributed by atoms with Gasteiger partial charge in [-0.05, 0) is 36.8 Å². The number of aryl methyl sites for hydroxylation is 2. The summed E-state index contributed by atoms with van der Waals surface area (Å²) in [5.41, 5.74) is 1.54. The van der Waals surface area contributed by atoms with Crippen molar-refractivity contribution in [3.05, 3.63) is 53.9 Å². The molecule has 0 aliphatic rings. The van der Waals surface area contributed by atoms with Gasteiger partial charge in [0.05, 0.1) is 4.90 Å². The van der Waals surface area contributed by atoms with E-state index < -0.39 is 16.1 Å². The van der Waals surface area contributed by atoms with Crippen LogP contribution < -0.4 is 4.72 Å². The molecular formula is C14H18N2O3S. The Balaban J connectivity index is 2.08. The lowest BCUT2D eigenvalue weighted by molar-refractivity contribution is 0.173. The van der Waals surface area contributed by atoms with Crippen LogP contribution >= 0.6 is 0 Å². The standard InChI is InChI=1S/C14H18N2O3S/c1-11-5-3-6-12(9-11)20(18,19)15-10-14(17)13-7-4-8-16(13)2/h3-9,14-15,17H,10H2,1-2H3. The first-order valence-electron chi connectivity index (χ1n) is 6.26. The van der Waals surface area contributed by atoms with Crippen LogP contribution in [0.3, 0.4) is 0 Å². The van der Waals surface area contributed by atoms with Crippen molar-refractivity contribution in [2.75, 3.05) is 6.54 Å². The molecule has 6 heteroatoms. The van der Waals surface area contributed by atoms with Gasteiger partial charge < -0.3 is 9.67 Å². The van der Waals surface area contributed by atoms with Crippen LogP contribution in [0.4, 0.5) is 0 Å². The second-order valence-corrected chi connectivity index (χ2v) is 6.50. The smallest absolute Gasteiger partial charge is 0.240 e. The lowest BCUT2D eigenvalue weighted by Gasteiger charge is -2.13. The van der Waals surface area contributed by atoms with Crippen LogP contribution in [0.15, 0.2) is 47.5 Å². The van der Waals surface area contributed by atoms with Crippen LogP contribution in [-0.2, 0) is 17.1 Å². The molecule has 1 unspecified atom stereocenters. The van der Waals surface area contributed by atoms with Gasteiger partial charge in [0.25, 0.3) is 0 Å². The zero-order valence-corrected chi connectivity index (χ0v) is 12.3. The fourth-order valence-corrected chi connectivity index (χ4v) is 3.12. The minimum Gasteiger partial charge on any atom is -0.386 e. The summed E-state index contributed by atoms with van der Waals surface area (Å²) in [6.07, 6.45) is 0.919. The number of nitrogens with one attached hydrogen (secondary N) is 1. The molecule has 0 saturated heterocycles. The summed E-state index contributed by atoms with van der Waals surface area (Å²) in [5.74, 6) is 0. The Bertz CT molecular complexity index is 692. The van der Waals surface area contributed by atoms with E-state index in [0.29, 0.717) is 5.69 Å². The second-order valence-electron chi connectivity index (χ2n) is 4.73. The first kappa shape index (κ1) is 14.8. The van der Waals surface area contributed by atoms with Gasteiger partial charge in [-0.3, -0.25) is 0 Å². The van der Waals surface area contributed by atoms with Crippen molar-refractivity contribution < 1.29 is 13.5 Å². The topological polar surface area (TPSA) is 71.3 Å². The number of sulfonamides is 1. The molecule has 0 spiro atoms. The summed E-state index contributed by atoms with van der Waals surface area (Å²) < 4.78 is 28.4. The highest BCUT2D eigenvalue weighted by Crippen LogP contribution is 2.14. The van der Waals surface area contributed by atoms with E-state index in [1.54, 1.807) is 42.1 Å². The van der Waals surface area contributed by atoms with Crippen molar-refractivity contribution in [1.29, 1.82) is 0 Å². The fourth-order valence-electron chi connectivity index (χ4n) is 1.98. The van der Waals surface area contributed by atoms with E-state index in [9.17, 15) is 13.5 Å². The highest BCUT2D eigenvalue weighted by Gasteiger charge is 2.17. The van der Waals surface area contributed by atoms with E-state index in [2.05, 4.69) is 4.72 Å². The fraction of sp³-hybridized carbons (Fsp3) is 0.286. The minimum absolute atomic E-state index is 0.0614. The van der Waals surface area contributed by atoms with Gasteiger partial charge in [0.15, 0.2) is 0 Å². The molecule has 1 aromatic carbocycles. The highest BCUT2D eigenvalue weighted by atomic mass is 32.2. The molecule has 0 saturated carbocycles. The largest absolute Gasteiger partial charge is 0.386 e. The molecule has 0 amide bonds. The Kier molecular flexibility index (Phi) is 4.27. The van der Waals surface area contributed by atoms with Crippen molar-refractivity contribution in [2.24, 2.45) is 7.05 Å². The zero-order valence-electron chi connectivity index (χ0n) is 11.4. The second kappa shape index (κ2) is 5.78. The number of hydrogen-bond donors (Lipinski definition) is 2. The van der Waals surface area contributed by atoms with Gasteiger partial charge in [0.1, 0.15) is 6.10 Å². The number of aliphatic hydroxyl groups is 1. The van der Waals surface area contributed by atoms with Gasteiger partial charge in [0, 0.05) is 25.5 Å². The molecule has 1 aromatic heterocycles. The maximum atomic E-state index is 12.1. The van der Waals surface area contributed by atoms with E-state index in [1.165, 1.54) is 6.07 Å². The van der Waals surface area contributed by atoms with E-state index in [0.717, 1.165) is 5.56 Å². The molecule has 0 radical (unpaired) electrons. The molecule has 1 atom stereocenters. The van der Waals surface area contributed by atoms with Crippen LogP contribution in [0.1, 0.15) is 17.4 Å². The van der Waals surface area contributed by atoms with Crippen LogP contribution in [0, 0.1) is 6.92 Å². The number of benzene rings is 1. The SMILES string of the molecule is Cc1cccc(S(=O)(=O)NCC(O)c2cccn2C)c1. The molecule has 2 N–H and O–H groups in total. The van der Waals surface area contributed by atoms with Gasteiger partial charge >= 0.3 is 0 Å². The van der Waals surface area contributed by atoms with Gasteiger partial charge in [-0.25, -0.2) is 13.1 Å².